The summed E-state index contributed by atoms with van der Waals surface area (Å²) < 4.78 is 0. The van der Waals surface area contributed by atoms with Crippen LogP contribution in [0, 0.1) is 17.3 Å². The van der Waals surface area contributed by atoms with E-state index in [4.69, 9.17) is 0 Å². The summed E-state index contributed by atoms with van der Waals surface area (Å²) in [6, 6.07) is 0. The predicted molar refractivity (Wildman–Crippen MR) is 68.1 cm³/mol. The molecular weight excluding hydrogens is 196 g/mol. The van der Waals surface area contributed by atoms with Crippen molar-refractivity contribution in [3.8, 4) is 0 Å². The zero-order valence-corrected chi connectivity index (χ0v) is 10.6. The Bertz CT molecular complexity index is 317. The van der Waals surface area contributed by atoms with Crippen LogP contribution in [-0.2, 0) is 0 Å². The maximum Gasteiger partial charge on any atom is 0.0745 e. The summed E-state index contributed by atoms with van der Waals surface area (Å²) in [5.74, 6) is 1.60. The van der Waals surface area contributed by atoms with Gasteiger partial charge >= 0.3 is 0 Å². The normalized spacial score (nSPS) is 39.1. The number of rotatable bonds is 4. The molecule has 2 fully saturated rings. The molecule has 2 bridgehead atoms. The lowest BCUT2D eigenvalue weighted by atomic mass is 9.68. The molecule has 90 valence electrons. The molecule has 2 aliphatic carbocycles. The van der Waals surface area contributed by atoms with Gasteiger partial charge in [0.25, 0.3) is 0 Å². The summed E-state index contributed by atoms with van der Waals surface area (Å²) in [7, 11) is 0. The van der Waals surface area contributed by atoms with Crippen LogP contribution in [0.1, 0.15) is 46.0 Å². The molecule has 0 amide bonds. The zero-order chi connectivity index (χ0) is 11.9. The highest BCUT2D eigenvalue weighted by Gasteiger charge is 2.50. The molecule has 0 heterocycles. The molecule has 4 atom stereocenters. The molecule has 1 N–H and O–H groups in total. The minimum Gasteiger partial charge on any atom is -0.389 e. The van der Waals surface area contributed by atoms with Crippen LogP contribution in [0.15, 0.2) is 24.3 Å². The summed E-state index contributed by atoms with van der Waals surface area (Å²) in [5.41, 5.74) is 2.63. The third-order valence-electron chi connectivity index (χ3n) is 5.07. The summed E-state index contributed by atoms with van der Waals surface area (Å²) in [4.78, 5) is 0. The first kappa shape index (κ1) is 11.9. The molecule has 0 aromatic rings. The summed E-state index contributed by atoms with van der Waals surface area (Å²) >= 11 is 0. The van der Waals surface area contributed by atoms with Crippen molar-refractivity contribution in [2.75, 3.05) is 0 Å². The van der Waals surface area contributed by atoms with E-state index in [1.54, 1.807) is 0 Å². The van der Waals surface area contributed by atoms with E-state index in [0.717, 1.165) is 30.3 Å². The summed E-state index contributed by atoms with van der Waals surface area (Å²) in [6.45, 7) is 12.4. The number of allylic oxidation sites excluding steroid dienone is 1. The van der Waals surface area contributed by atoms with Crippen LogP contribution in [-0.4, -0.2) is 11.2 Å². The highest BCUT2D eigenvalue weighted by Crippen LogP contribution is 2.60. The molecule has 0 aromatic heterocycles. The zero-order valence-electron chi connectivity index (χ0n) is 10.6. The van der Waals surface area contributed by atoms with Gasteiger partial charge in [-0.25, -0.2) is 0 Å². The molecule has 1 heteroatoms. The number of hydrogen-bond acceptors (Lipinski definition) is 1. The average Bonchev–Trinajstić information content (AvgIpc) is 2.79. The van der Waals surface area contributed by atoms with E-state index in [0.29, 0.717) is 5.41 Å². The fourth-order valence-electron chi connectivity index (χ4n) is 3.65. The van der Waals surface area contributed by atoms with Crippen molar-refractivity contribution in [3.05, 3.63) is 24.3 Å². The van der Waals surface area contributed by atoms with Crippen LogP contribution in [0.5, 0.6) is 0 Å². The Morgan fingerprint density at radius 2 is 2.25 bits per heavy atom. The number of aliphatic hydroxyl groups excluding tert-OH is 1. The first-order valence-corrected chi connectivity index (χ1v) is 6.48. The van der Waals surface area contributed by atoms with Crippen LogP contribution in [0.4, 0.5) is 0 Å². The standard InChI is InChI=1S/C15H24O/c1-10(2)14(16)7-8-15(4)11(3)12-5-6-13(15)9-12/h12-14,16H,1,3,5-9H2,2,4H3. The summed E-state index contributed by atoms with van der Waals surface area (Å²) in [6.07, 6.45) is 5.64. The van der Waals surface area contributed by atoms with Crippen molar-refractivity contribution in [2.45, 2.75) is 52.1 Å². The van der Waals surface area contributed by atoms with E-state index in [9.17, 15) is 5.11 Å². The Balaban J connectivity index is 1.99. The minimum absolute atomic E-state index is 0.291. The smallest absolute Gasteiger partial charge is 0.0745 e. The van der Waals surface area contributed by atoms with E-state index in [2.05, 4.69) is 20.1 Å². The van der Waals surface area contributed by atoms with Crippen molar-refractivity contribution in [1.29, 1.82) is 0 Å². The van der Waals surface area contributed by atoms with E-state index < -0.39 is 0 Å². The van der Waals surface area contributed by atoms with E-state index in [1.807, 2.05) is 6.92 Å². The first-order chi connectivity index (χ1) is 7.45. The van der Waals surface area contributed by atoms with Gasteiger partial charge < -0.3 is 5.11 Å². The highest BCUT2D eigenvalue weighted by molar-refractivity contribution is 5.24. The lowest BCUT2D eigenvalue weighted by molar-refractivity contribution is 0.156. The third-order valence-corrected chi connectivity index (χ3v) is 5.07. The predicted octanol–water partition coefficient (Wildman–Crippen LogP) is 3.70. The molecule has 16 heavy (non-hydrogen) atoms. The van der Waals surface area contributed by atoms with Crippen molar-refractivity contribution in [1.82, 2.24) is 0 Å². The quantitative estimate of drug-likeness (QED) is 0.716. The topological polar surface area (TPSA) is 20.2 Å². The van der Waals surface area contributed by atoms with Crippen LogP contribution in [0.2, 0.25) is 0 Å². The van der Waals surface area contributed by atoms with Crippen molar-refractivity contribution in [2.24, 2.45) is 17.3 Å². The fourth-order valence-corrected chi connectivity index (χ4v) is 3.65. The van der Waals surface area contributed by atoms with Gasteiger partial charge in [-0.15, -0.1) is 0 Å². The van der Waals surface area contributed by atoms with Crippen LogP contribution in [0.25, 0.3) is 0 Å². The molecule has 0 aromatic carbocycles. The number of hydrogen-bond donors (Lipinski definition) is 1. The van der Waals surface area contributed by atoms with Crippen molar-refractivity contribution >= 4 is 0 Å². The number of aliphatic hydroxyl groups is 1. The first-order valence-electron chi connectivity index (χ1n) is 6.48. The van der Waals surface area contributed by atoms with E-state index in [-0.39, 0.29) is 6.10 Å². The molecule has 2 aliphatic rings. The molecule has 0 spiro atoms. The molecule has 2 saturated carbocycles. The van der Waals surface area contributed by atoms with Crippen molar-refractivity contribution in [3.63, 3.8) is 0 Å². The largest absolute Gasteiger partial charge is 0.389 e. The Kier molecular flexibility index (Phi) is 3.00. The monoisotopic (exact) mass is 220 g/mol. The molecule has 1 nitrogen and oxygen atoms in total. The van der Waals surface area contributed by atoms with Gasteiger partial charge in [0, 0.05) is 0 Å². The Hall–Kier alpha value is -0.560. The van der Waals surface area contributed by atoms with Gasteiger partial charge in [0.15, 0.2) is 0 Å². The van der Waals surface area contributed by atoms with Gasteiger partial charge in [-0.3, -0.25) is 0 Å². The maximum absolute atomic E-state index is 9.83. The second kappa shape index (κ2) is 4.03. The maximum atomic E-state index is 9.83. The SMILES string of the molecule is C=C(C)C(O)CCC1(C)C(=C)C2CCC1C2. The van der Waals surface area contributed by atoms with Crippen LogP contribution >= 0.6 is 0 Å². The second-order valence-electron chi connectivity index (χ2n) is 6.05. The summed E-state index contributed by atoms with van der Waals surface area (Å²) in [5, 5.41) is 9.83. The van der Waals surface area contributed by atoms with Gasteiger partial charge in [0.05, 0.1) is 6.10 Å². The van der Waals surface area contributed by atoms with Crippen LogP contribution in [0.3, 0.4) is 0 Å². The second-order valence-corrected chi connectivity index (χ2v) is 6.05. The average molecular weight is 220 g/mol. The van der Waals surface area contributed by atoms with Gasteiger partial charge in [0.2, 0.25) is 0 Å². The highest BCUT2D eigenvalue weighted by atomic mass is 16.3. The molecular formula is C15H24O. The van der Waals surface area contributed by atoms with Crippen molar-refractivity contribution < 1.29 is 5.11 Å². The molecule has 4 unspecified atom stereocenters. The Labute approximate surface area is 99.3 Å². The minimum atomic E-state index is -0.330. The Morgan fingerprint density at radius 1 is 1.56 bits per heavy atom. The Morgan fingerprint density at radius 3 is 2.75 bits per heavy atom. The van der Waals surface area contributed by atoms with Gasteiger partial charge in [0.1, 0.15) is 0 Å². The van der Waals surface area contributed by atoms with Gasteiger partial charge in [-0.2, -0.15) is 0 Å². The lowest BCUT2D eigenvalue weighted by Crippen LogP contribution is -2.27. The van der Waals surface area contributed by atoms with Crippen LogP contribution < -0.4 is 0 Å². The lowest BCUT2D eigenvalue weighted by Gasteiger charge is -2.37. The third kappa shape index (κ3) is 1.75. The molecule has 0 radical (unpaired) electrons. The van der Waals surface area contributed by atoms with Gasteiger partial charge in [-0.05, 0) is 56.3 Å². The van der Waals surface area contributed by atoms with Gasteiger partial charge in [-0.1, -0.05) is 31.2 Å². The van der Waals surface area contributed by atoms with E-state index >= 15 is 0 Å². The number of fused-ring (bicyclic) bond motifs is 2. The van der Waals surface area contributed by atoms with E-state index in [1.165, 1.54) is 24.8 Å². The molecule has 0 saturated heterocycles. The fraction of sp³-hybridized carbons (Fsp3) is 0.733. The molecule has 0 aliphatic heterocycles. The molecule has 2 rings (SSSR count).